The van der Waals surface area contributed by atoms with Crippen LogP contribution in [0.3, 0.4) is 0 Å². The van der Waals surface area contributed by atoms with Crippen LogP contribution in [-0.2, 0) is 16.0 Å². The van der Waals surface area contributed by atoms with E-state index in [1.807, 2.05) is 12.1 Å². The first-order valence-electron chi connectivity index (χ1n) is 18.8. The molecule has 9 atom stereocenters. The molecule has 4 aliphatic carbocycles. The second-order valence-electron chi connectivity index (χ2n) is 17.0. The minimum absolute atomic E-state index is 0.0313. The van der Waals surface area contributed by atoms with Crippen LogP contribution >= 0.6 is 0 Å². The summed E-state index contributed by atoms with van der Waals surface area (Å²) in [7, 11) is 0. The first-order chi connectivity index (χ1) is 21.0. The van der Waals surface area contributed by atoms with Gasteiger partial charge in [-0.25, -0.2) is 0 Å². The molecule has 0 amide bonds. The van der Waals surface area contributed by atoms with Gasteiger partial charge in [0.2, 0.25) is 0 Å². The lowest BCUT2D eigenvalue weighted by atomic mass is 9.44. The van der Waals surface area contributed by atoms with Crippen LogP contribution in [0, 0.1) is 52.3 Å². The monoisotopic (exact) mass is 607 g/mol. The average Bonchev–Trinajstić information content (AvgIpc) is 3.31. The molecule has 44 heavy (non-hydrogen) atoms. The highest BCUT2D eigenvalue weighted by molar-refractivity contribution is 5.69. The van der Waals surface area contributed by atoms with E-state index in [9.17, 15) is 4.79 Å². The topological polar surface area (TPSA) is 78.3 Å². The van der Waals surface area contributed by atoms with Crippen LogP contribution in [0.1, 0.15) is 149 Å². The molecule has 0 heterocycles. The number of nitrogen functional groups attached to an aromatic ring is 2. The minimum atomic E-state index is 0.0313. The highest BCUT2D eigenvalue weighted by Gasteiger charge is 2.60. The molecular weight excluding hydrogens is 540 g/mol. The van der Waals surface area contributed by atoms with Gasteiger partial charge in [0.25, 0.3) is 0 Å². The summed E-state index contributed by atoms with van der Waals surface area (Å²) in [6, 6.07) is 5.84. The Morgan fingerprint density at radius 1 is 0.818 bits per heavy atom. The zero-order chi connectivity index (χ0) is 31.5. The number of benzene rings is 1. The third-order valence-electron chi connectivity index (χ3n) is 13.8. The molecule has 248 valence electrons. The molecule has 4 fully saturated rings. The van der Waals surface area contributed by atoms with E-state index in [1.54, 1.807) is 6.07 Å². The van der Waals surface area contributed by atoms with Gasteiger partial charge in [-0.1, -0.05) is 66.7 Å². The number of anilines is 2. The number of carbonyl (C=O) groups is 1. The van der Waals surface area contributed by atoms with Crippen molar-refractivity contribution >= 4 is 17.3 Å². The molecule has 0 radical (unpaired) electrons. The smallest absolute Gasteiger partial charge is 0.306 e. The normalized spacial score (nSPS) is 35.5. The quantitative estimate of drug-likeness (QED) is 0.133. The number of carbonyl (C=O) groups excluding carboxylic acids is 1. The molecule has 0 saturated heterocycles. The number of hydrogen-bond acceptors (Lipinski definition) is 4. The van der Waals surface area contributed by atoms with Crippen LogP contribution in [0.5, 0.6) is 0 Å². The SMILES string of the molecule is CC(C)CCCC(C)C1CCC2C3CCC4CC(OC(=O)CCCCCCc5cc(N)cc(N)c5)CCC4(C)C3CCC12C. The van der Waals surface area contributed by atoms with Crippen molar-refractivity contribution in [1.82, 2.24) is 0 Å². The molecule has 0 spiro atoms. The molecule has 4 saturated carbocycles. The average molecular weight is 607 g/mol. The number of unbranched alkanes of at least 4 members (excludes halogenated alkanes) is 3. The summed E-state index contributed by atoms with van der Waals surface area (Å²) in [5.74, 6) is 6.17. The summed E-state index contributed by atoms with van der Waals surface area (Å²) in [4.78, 5) is 12.8. The number of esters is 1. The summed E-state index contributed by atoms with van der Waals surface area (Å²) in [6.45, 7) is 12.7. The number of nitrogens with two attached hydrogens (primary N) is 2. The number of ether oxygens (including phenoxy) is 1. The van der Waals surface area contributed by atoms with Crippen molar-refractivity contribution in [2.45, 2.75) is 156 Å². The summed E-state index contributed by atoms with van der Waals surface area (Å²) in [5.41, 5.74) is 15.5. The molecular formula is C40H66N2O2. The first-order valence-corrected chi connectivity index (χ1v) is 18.8. The van der Waals surface area contributed by atoms with Gasteiger partial charge in [-0.15, -0.1) is 0 Å². The molecule has 1 aromatic carbocycles. The molecule has 0 aliphatic heterocycles. The van der Waals surface area contributed by atoms with Gasteiger partial charge in [0, 0.05) is 17.8 Å². The van der Waals surface area contributed by atoms with E-state index in [2.05, 4.69) is 34.6 Å². The van der Waals surface area contributed by atoms with E-state index in [4.69, 9.17) is 16.2 Å². The lowest BCUT2D eigenvalue weighted by Crippen LogP contribution is -2.54. The van der Waals surface area contributed by atoms with Gasteiger partial charge in [-0.2, -0.15) is 0 Å². The predicted molar refractivity (Wildman–Crippen MR) is 185 cm³/mol. The van der Waals surface area contributed by atoms with E-state index in [0.29, 0.717) is 17.3 Å². The second-order valence-corrected chi connectivity index (χ2v) is 17.0. The molecule has 0 aromatic heterocycles. The summed E-state index contributed by atoms with van der Waals surface area (Å²) >= 11 is 0. The van der Waals surface area contributed by atoms with Crippen LogP contribution in [0.25, 0.3) is 0 Å². The maximum absolute atomic E-state index is 12.8. The van der Waals surface area contributed by atoms with E-state index in [-0.39, 0.29) is 12.1 Å². The Morgan fingerprint density at radius 2 is 1.52 bits per heavy atom. The fourth-order valence-electron chi connectivity index (χ4n) is 11.4. The van der Waals surface area contributed by atoms with Gasteiger partial charge >= 0.3 is 5.97 Å². The Morgan fingerprint density at radius 3 is 2.27 bits per heavy atom. The Balaban J connectivity index is 1.05. The highest BCUT2D eigenvalue weighted by atomic mass is 16.5. The standard InChI is InChI=1S/C40H66N2O2/c1-27(2)11-10-12-28(3)35-17-18-36-34-16-15-30-25-33(19-21-39(30,4)37(34)20-22-40(35,36)5)44-38(43)14-9-7-6-8-13-29-23-31(41)26-32(42)24-29/h23-24,26-28,30,33-37H,6-22,25,41-42H2,1-5H3. The van der Waals surface area contributed by atoms with Gasteiger partial charge in [0.15, 0.2) is 0 Å². The molecule has 0 bridgehead atoms. The predicted octanol–water partition coefficient (Wildman–Crippen LogP) is 10.4. The molecule has 5 rings (SSSR count). The van der Waals surface area contributed by atoms with E-state index < -0.39 is 0 Å². The van der Waals surface area contributed by atoms with Crippen molar-refractivity contribution in [2.24, 2.45) is 52.3 Å². The van der Waals surface area contributed by atoms with Gasteiger partial charge in [-0.05, 0) is 153 Å². The van der Waals surface area contributed by atoms with Gasteiger partial charge in [0.05, 0.1) is 0 Å². The highest BCUT2D eigenvalue weighted by Crippen LogP contribution is 2.68. The summed E-state index contributed by atoms with van der Waals surface area (Å²) < 4.78 is 6.13. The molecule has 9 unspecified atom stereocenters. The first kappa shape index (κ1) is 33.6. The van der Waals surface area contributed by atoms with Crippen LogP contribution in [0.2, 0.25) is 0 Å². The molecule has 4 N–H and O–H groups in total. The van der Waals surface area contributed by atoms with Crippen molar-refractivity contribution < 1.29 is 9.53 Å². The number of rotatable bonds is 13. The van der Waals surface area contributed by atoms with Crippen LogP contribution in [0.4, 0.5) is 11.4 Å². The summed E-state index contributed by atoms with van der Waals surface area (Å²) in [5, 5.41) is 0. The minimum Gasteiger partial charge on any atom is -0.462 e. The van der Waals surface area contributed by atoms with Gasteiger partial charge in [0.1, 0.15) is 6.10 Å². The van der Waals surface area contributed by atoms with Crippen LogP contribution in [-0.4, -0.2) is 12.1 Å². The van der Waals surface area contributed by atoms with Gasteiger partial charge < -0.3 is 16.2 Å². The zero-order valence-electron chi connectivity index (χ0n) is 29.0. The molecule has 4 nitrogen and oxygen atoms in total. The zero-order valence-corrected chi connectivity index (χ0v) is 29.0. The Bertz CT molecular complexity index is 1080. The van der Waals surface area contributed by atoms with Crippen LogP contribution < -0.4 is 11.5 Å². The maximum Gasteiger partial charge on any atom is 0.306 e. The van der Waals surface area contributed by atoms with E-state index in [0.717, 1.165) is 97.7 Å². The van der Waals surface area contributed by atoms with E-state index >= 15 is 0 Å². The Labute approximate surface area is 270 Å². The third kappa shape index (κ3) is 7.46. The number of aryl methyl sites for hydroxylation is 1. The van der Waals surface area contributed by atoms with Crippen molar-refractivity contribution in [2.75, 3.05) is 11.5 Å². The lowest BCUT2D eigenvalue weighted by Gasteiger charge is -2.61. The van der Waals surface area contributed by atoms with Gasteiger partial charge in [-0.3, -0.25) is 4.79 Å². The number of fused-ring (bicyclic) bond motifs is 5. The second kappa shape index (κ2) is 14.4. The fourth-order valence-corrected chi connectivity index (χ4v) is 11.4. The molecule has 4 heteroatoms. The summed E-state index contributed by atoms with van der Waals surface area (Å²) in [6.07, 6.45) is 22.2. The molecule has 4 aliphatic rings. The fraction of sp³-hybridized carbons (Fsp3) is 0.825. The van der Waals surface area contributed by atoms with Crippen LogP contribution in [0.15, 0.2) is 18.2 Å². The largest absolute Gasteiger partial charge is 0.462 e. The molecule has 1 aromatic rings. The van der Waals surface area contributed by atoms with Crippen molar-refractivity contribution in [3.05, 3.63) is 23.8 Å². The lowest BCUT2D eigenvalue weighted by molar-refractivity contribution is -0.162. The van der Waals surface area contributed by atoms with Crippen molar-refractivity contribution in [3.63, 3.8) is 0 Å². The maximum atomic E-state index is 12.8. The third-order valence-corrected chi connectivity index (χ3v) is 13.8. The number of hydrogen-bond donors (Lipinski definition) is 2. The Kier molecular flexibility index (Phi) is 11.0. The van der Waals surface area contributed by atoms with Crippen molar-refractivity contribution in [1.29, 1.82) is 0 Å². The Hall–Kier alpha value is -1.71. The van der Waals surface area contributed by atoms with E-state index in [1.165, 1.54) is 69.8 Å². The van der Waals surface area contributed by atoms with Crippen molar-refractivity contribution in [3.8, 4) is 0 Å².